The minimum absolute atomic E-state index is 0.0201. The monoisotopic (exact) mass is 581 g/mol. The lowest BCUT2D eigenvalue weighted by Crippen LogP contribution is -2.39. The largest absolute Gasteiger partial charge is 0.489 e. The van der Waals surface area contributed by atoms with Crippen LogP contribution < -0.4 is 21.7 Å². The molecule has 0 aliphatic carbocycles. The highest BCUT2D eigenvalue weighted by Gasteiger charge is 2.25. The van der Waals surface area contributed by atoms with Crippen molar-refractivity contribution in [3.8, 4) is 22.0 Å². The highest BCUT2D eigenvalue weighted by molar-refractivity contribution is 7.22. The lowest BCUT2D eigenvalue weighted by Gasteiger charge is -2.14. The summed E-state index contributed by atoms with van der Waals surface area (Å²) in [6.45, 7) is -0.997. The van der Waals surface area contributed by atoms with E-state index in [1.807, 2.05) is 31.1 Å². The number of fused-ring (bicyclic) bond motifs is 1. The standard InChI is InChI=1S/C29H26F3N5O3S/c1-35(2)15-21-25-27(38)37(24-11-10-19(14-34-24)40-13-12-30)29(39)36(16-20-22(31)4-3-5-23(20)32)28(25)41-26(21)17-6-8-18(33)9-7-17/h3-11,14H,12-13,15-16,33H2,1-2H3. The molecule has 0 amide bonds. The summed E-state index contributed by atoms with van der Waals surface area (Å²) in [7, 11) is 3.69. The molecule has 5 rings (SSSR count). The summed E-state index contributed by atoms with van der Waals surface area (Å²) in [5, 5.41) is 0.228. The van der Waals surface area contributed by atoms with Gasteiger partial charge in [-0.3, -0.25) is 9.36 Å². The maximum Gasteiger partial charge on any atom is 0.338 e. The number of hydrogen-bond acceptors (Lipinski definition) is 7. The molecule has 8 nitrogen and oxygen atoms in total. The van der Waals surface area contributed by atoms with E-state index in [-0.39, 0.29) is 34.0 Å². The highest BCUT2D eigenvalue weighted by atomic mass is 32.1. The van der Waals surface area contributed by atoms with E-state index in [1.165, 1.54) is 40.3 Å². The molecule has 0 saturated carbocycles. The van der Waals surface area contributed by atoms with E-state index in [9.17, 15) is 22.8 Å². The molecule has 12 heteroatoms. The number of benzene rings is 2. The molecule has 3 heterocycles. The smallest absolute Gasteiger partial charge is 0.338 e. The van der Waals surface area contributed by atoms with Crippen molar-refractivity contribution in [1.29, 1.82) is 0 Å². The summed E-state index contributed by atoms with van der Waals surface area (Å²) in [5.74, 6) is -1.41. The normalized spacial score (nSPS) is 11.5. The van der Waals surface area contributed by atoms with Crippen molar-refractivity contribution < 1.29 is 17.9 Å². The number of pyridine rings is 1. The molecule has 5 aromatic rings. The third-order valence-corrected chi connectivity index (χ3v) is 7.70. The van der Waals surface area contributed by atoms with Crippen molar-refractivity contribution in [3.63, 3.8) is 0 Å². The third-order valence-electron chi connectivity index (χ3n) is 6.39. The van der Waals surface area contributed by atoms with Crippen molar-refractivity contribution in [2.24, 2.45) is 0 Å². The Morgan fingerprint density at radius 3 is 2.32 bits per heavy atom. The second-order valence-electron chi connectivity index (χ2n) is 9.55. The van der Waals surface area contributed by atoms with Gasteiger partial charge in [0.1, 0.15) is 41.3 Å². The van der Waals surface area contributed by atoms with Crippen LogP contribution in [0.15, 0.2) is 70.4 Å². The number of halogens is 3. The second-order valence-corrected chi connectivity index (χ2v) is 10.5. The van der Waals surface area contributed by atoms with Gasteiger partial charge >= 0.3 is 5.69 Å². The number of hydrogen-bond donors (Lipinski definition) is 1. The molecule has 41 heavy (non-hydrogen) atoms. The number of rotatable bonds is 9. The van der Waals surface area contributed by atoms with Gasteiger partial charge in [-0.05, 0) is 61.6 Å². The molecule has 0 saturated heterocycles. The first kappa shape index (κ1) is 28.1. The van der Waals surface area contributed by atoms with Crippen LogP contribution in [0.25, 0.3) is 26.5 Å². The maximum absolute atomic E-state index is 14.8. The Labute approximate surface area is 236 Å². The molecule has 0 atom stereocenters. The fourth-order valence-electron chi connectivity index (χ4n) is 4.53. The molecule has 0 radical (unpaired) electrons. The highest BCUT2D eigenvalue weighted by Crippen LogP contribution is 2.38. The predicted molar refractivity (Wildman–Crippen MR) is 154 cm³/mol. The number of alkyl halides is 1. The van der Waals surface area contributed by atoms with E-state index in [0.29, 0.717) is 22.7 Å². The molecule has 0 aliphatic heterocycles. The van der Waals surface area contributed by atoms with Gasteiger partial charge in [-0.1, -0.05) is 18.2 Å². The van der Waals surface area contributed by atoms with Gasteiger partial charge in [0, 0.05) is 22.7 Å². The van der Waals surface area contributed by atoms with E-state index in [0.717, 1.165) is 22.3 Å². The number of nitrogens with two attached hydrogens (primary N) is 1. The topological polar surface area (TPSA) is 95.4 Å². The maximum atomic E-state index is 14.8. The fourth-order valence-corrected chi connectivity index (χ4v) is 5.84. The first-order valence-corrected chi connectivity index (χ1v) is 13.4. The van der Waals surface area contributed by atoms with E-state index in [2.05, 4.69) is 4.98 Å². The zero-order valence-electron chi connectivity index (χ0n) is 22.2. The van der Waals surface area contributed by atoms with Crippen LogP contribution >= 0.6 is 11.3 Å². The van der Waals surface area contributed by atoms with E-state index < -0.39 is 36.1 Å². The van der Waals surface area contributed by atoms with Gasteiger partial charge in [0.05, 0.1) is 18.1 Å². The molecular weight excluding hydrogens is 555 g/mol. The summed E-state index contributed by atoms with van der Waals surface area (Å²) >= 11 is 1.19. The molecule has 212 valence electrons. The first-order chi connectivity index (χ1) is 19.7. The molecule has 0 unspecified atom stereocenters. The van der Waals surface area contributed by atoms with Gasteiger partial charge in [-0.2, -0.15) is 0 Å². The third kappa shape index (κ3) is 5.48. The zero-order valence-corrected chi connectivity index (χ0v) is 23.1. The number of ether oxygens (including phenoxy) is 1. The van der Waals surface area contributed by atoms with Crippen molar-refractivity contribution in [1.82, 2.24) is 19.0 Å². The Morgan fingerprint density at radius 2 is 1.71 bits per heavy atom. The van der Waals surface area contributed by atoms with Gasteiger partial charge in [0.2, 0.25) is 0 Å². The number of thiophene rings is 1. The van der Waals surface area contributed by atoms with Crippen LogP contribution in [0.4, 0.5) is 18.9 Å². The SMILES string of the molecule is CN(C)Cc1c(-c2ccc(N)cc2)sc2c1c(=O)n(-c1ccc(OCCF)cn1)c(=O)n2Cc1c(F)cccc1F. The summed E-state index contributed by atoms with van der Waals surface area (Å²) in [6, 6.07) is 13.4. The zero-order chi connectivity index (χ0) is 29.3. The van der Waals surface area contributed by atoms with Crippen molar-refractivity contribution in [2.45, 2.75) is 13.1 Å². The van der Waals surface area contributed by atoms with Crippen LogP contribution in [0.2, 0.25) is 0 Å². The van der Waals surface area contributed by atoms with Gasteiger partial charge in [0.25, 0.3) is 5.56 Å². The molecule has 0 bridgehead atoms. The first-order valence-electron chi connectivity index (χ1n) is 12.6. The Morgan fingerprint density at radius 1 is 1.00 bits per heavy atom. The quantitative estimate of drug-likeness (QED) is 0.256. The van der Waals surface area contributed by atoms with Gasteiger partial charge < -0.3 is 15.4 Å². The van der Waals surface area contributed by atoms with Crippen LogP contribution in [0.5, 0.6) is 5.75 Å². The molecule has 0 aliphatic rings. The number of nitrogens with zero attached hydrogens (tertiary/aromatic N) is 4. The Kier molecular flexibility index (Phi) is 7.95. The minimum Gasteiger partial charge on any atom is -0.489 e. The number of nitrogen functional groups attached to an aromatic ring is 1. The fraction of sp³-hybridized carbons (Fsp3) is 0.207. The summed E-state index contributed by atoms with van der Waals surface area (Å²) in [5.41, 5.74) is 6.09. The van der Waals surface area contributed by atoms with Gasteiger partial charge in [-0.15, -0.1) is 11.3 Å². The van der Waals surface area contributed by atoms with Gasteiger partial charge in [-0.25, -0.2) is 27.5 Å². The Bertz CT molecular complexity index is 1810. The van der Waals surface area contributed by atoms with E-state index in [4.69, 9.17) is 10.5 Å². The van der Waals surface area contributed by atoms with Gasteiger partial charge in [0.15, 0.2) is 0 Å². The van der Waals surface area contributed by atoms with Crippen molar-refractivity contribution in [3.05, 3.63) is 104 Å². The molecule has 0 fully saturated rings. The number of anilines is 1. The van der Waals surface area contributed by atoms with Crippen LogP contribution in [0.1, 0.15) is 11.1 Å². The van der Waals surface area contributed by atoms with Crippen LogP contribution in [0.3, 0.4) is 0 Å². The van der Waals surface area contributed by atoms with Crippen LogP contribution in [0, 0.1) is 11.6 Å². The molecular formula is C29H26F3N5O3S. The number of aromatic nitrogens is 3. The van der Waals surface area contributed by atoms with Crippen molar-refractivity contribution in [2.75, 3.05) is 33.1 Å². The van der Waals surface area contributed by atoms with Crippen LogP contribution in [-0.4, -0.2) is 46.4 Å². The lowest BCUT2D eigenvalue weighted by atomic mass is 10.1. The average molecular weight is 582 g/mol. The molecule has 2 aromatic carbocycles. The molecule has 0 spiro atoms. The summed E-state index contributed by atoms with van der Waals surface area (Å²) < 4.78 is 49.4. The van der Waals surface area contributed by atoms with Crippen molar-refractivity contribution >= 4 is 27.2 Å². The Balaban J connectivity index is 1.84. The Hall–Kier alpha value is -4.42. The van der Waals surface area contributed by atoms with E-state index >= 15 is 0 Å². The summed E-state index contributed by atoms with van der Waals surface area (Å²) in [4.78, 5) is 35.1. The minimum atomic E-state index is -0.823. The predicted octanol–water partition coefficient (Wildman–Crippen LogP) is 4.59. The molecule has 3 aromatic heterocycles. The average Bonchev–Trinajstić information content (AvgIpc) is 3.31. The second kappa shape index (κ2) is 11.6. The molecule has 2 N–H and O–H groups in total. The van der Waals surface area contributed by atoms with E-state index in [1.54, 1.807) is 12.1 Å². The lowest BCUT2D eigenvalue weighted by molar-refractivity contribution is 0.272. The van der Waals surface area contributed by atoms with Crippen LogP contribution in [-0.2, 0) is 13.1 Å². The summed E-state index contributed by atoms with van der Waals surface area (Å²) in [6.07, 6.45) is 1.27.